The van der Waals surface area contributed by atoms with E-state index in [1.54, 1.807) is 11.3 Å². The fraction of sp³-hybridized carbons (Fsp3) is 0.231. The van der Waals surface area contributed by atoms with E-state index < -0.39 is 0 Å². The van der Waals surface area contributed by atoms with Gasteiger partial charge in [0.25, 0.3) is 0 Å². The first-order chi connectivity index (χ1) is 7.31. The van der Waals surface area contributed by atoms with E-state index in [1.807, 2.05) is 0 Å². The molecular formula is C13H15NS. The molecule has 1 heterocycles. The highest BCUT2D eigenvalue weighted by atomic mass is 32.1. The molecular weight excluding hydrogens is 202 g/mol. The van der Waals surface area contributed by atoms with Crippen molar-refractivity contribution in [1.82, 2.24) is 0 Å². The molecule has 2 N–H and O–H groups in total. The lowest BCUT2D eigenvalue weighted by Crippen LogP contribution is -2.10. The number of thiophene rings is 1. The SMILES string of the molecule is CCc1ccc([C@H](N)c2ccsc2)cc1. The number of hydrogen-bond acceptors (Lipinski definition) is 2. The zero-order chi connectivity index (χ0) is 10.7. The molecule has 2 heteroatoms. The summed E-state index contributed by atoms with van der Waals surface area (Å²) in [4.78, 5) is 0. The molecule has 0 aliphatic heterocycles. The quantitative estimate of drug-likeness (QED) is 0.838. The minimum atomic E-state index is 0.0159. The molecule has 0 unspecified atom stereocenters. The van der Waals surface area contributed by atoms with Gasteiger partial charge in [0.2, 0.25) is 0 Å². The Bertz CT molecular complexity index is 403. The Hall–Kier alpha value is -1.12. The third-order valence-corrected chi connectivity index (χ3v) is 3.35. The van der Waals surface area contributed by atoms with Gasteiger partial charge in [-0.2, -0.15) is 11.3 Å². The van der Waals surface area contributed by atoms with Crippen LogP contribution in [0.2, 0.25) is 0 Å². The molecule has 0 aliphatic rings. The lowest BCUT2D eigenvalue weighted by Gasteiger charge is -2.10. The third-order valence-electron chi connectivity index (χ3n) is 2.65. The van der Waals surface area contributed by atoms with Crippen LogP contribution < -0.4 is 5.73 Å². The molecule has 0 fully saturated rings. The summed E-state index contributed by atoms with van der Waals surface area (Å²) >= 11 is 1.69. The van der Waals surface area contributed by atoms with Crippen LogP contribution in [0.3, 0.4) is 0 Å². The van der Waals surface area contributed by atoms with Gasteiger partial charge in [0.1, 0.15) is 0 Å². The average Bonchev–Trinajstić information content (AvgIpc) is 2.82. The standard InChI is InChI=1S/C13H15NS/c1-2-10-3-5-11(6-4-10)13(14)12-7-8-15-9-12/h3-9,13H,2,14H2,1H3/t13-/m0/s1. The fourth-order valence-corrected chi connectivity index (χ4v) is 2.30. The molecule has 0 saturated heterocycles. The maximum atomic E-state index is 6.16. The molecule has 0 bridgehead atoms. The van der Waals surface area contributed by atoms with Gasteiger partial charge in [0, 0.05) is 0 Å². The zero-order valence-electron chi connectivity index (χ0n) is 8.81. The second-order valence-electron chi connectivity index (χ2n) is 3.63. The van der Waals surface area contributed by atoms with Crippen LogP contribution in [-0.2, 0) is 6.42 Å². The van der Waals surface area contributed by atoms with Gasteiger partial charge in [0.15, 0.2) is 0 Å². The summed E-state index contributed by atoms with van der Waals surface area (Å²) in [5, 5.41) is 4.17. The minimum Gasteiger partial charge on any atom is -0.320 e. The largest absolute Gasteiger partial charge is 0.320 e. The van der Waals surface area contributed by atoms with Crippen molar-refractivity contribution in [3.05, 3.63) is 57.8 Å². The van der Waals surface area contributed by atoms with Crippen molar-refractivity contribution >= 4 is 11.3 Å². The van der Waals surface area contributed by atoms with Crippen LogP contribution >= 0.6 is 11.3 Å². The highest BCUT2D eigenvalue weighted by Crippen LogP contribution is 2.21. The summed E-state index contributed by atoms with van der Waals surface area (Å²) in [6, 6.07) is 10.7. The smallest absolute Gasteiger partial charge is 0.0559 e. The van der Waals surface area contributed by atoms with Gasteiger partial charge in [-0.1, -0.05) is 31.2 Å². The minimum absolute atomic E-state index is 0.0159. The number of hydrogen-bond donors (Lipinski definition) is 1. The molecule has 0 spiro atoms. The van der Waals surface area contributed by atoms with Gasteiger partial charge in [0.05, 0.1) is 6.04 Å². The van der Waals surface area contributed by atoms with Crippen LogP contribution in [0.15, 0.2) is 41.1 Å². The molecule has 0 aliphatic carbocycles. The van der Waals surface area contributed by atoms with Crippen LogP contribution in [-0.4, -0.2) is 0 Å². The fourth-order valence-electron chi connectivity index (χ4n) is 1.61. The van der Waals surface area contributed by atoms with E-state index in [1.165, 1.54) is 16.7 Å². The predicted molar refractivity (Wildman–Crippen MR) is 66.2 cm³/mol. The first kappa shape index (κ1) is 10.4. The zero-order valence-corrected chi connectivity index (χ0v) is 9.63. The Balaban J connectivity index is 2.22. The third kappa shape index (κ3) is 2.28. The molecule has 78 valence electrons. The molecule has 15 heavy (non-hydrogen) atoms. The van der Waals surface area contributed by atoms with Crippen molar-refractivity contribution in [2.45, 2.75) is 19.4 Å². The predicted octanol–water partition coefficient (Wildman–Crippen LogP) is 3.36. The van der Waals surface area contributed by atoms with E-state index in [9.17, 15) is 0 Å². The van der Waals surface area contributed by atoms with Gasteiger partial charge in [-0.15, -0.1) is 0 Å². The molecule has 2 aromatic rings. The van der Waals surface area contributed by atoms with E-state index >= 15 is 0 Å². The Labute approximate surface area is 94.6 Å². The van der Waals surface area contributed by atoms with E-state index in [2.05, 4.69) is 48.0 Å². The van der Waals surface area contributed by atoms with Gasteiger partial charge in [-0.25, -0.2) is 0 Å². The van der Waals surface area contributed by atoms with Crippen LogP contribution in [0.25, 0.3) is 0 Å². The van der Waals surface area contributed by atoms with Gasteiger partial charge >= 0.3 is 0 Å². The van der Waals surface area contributed by atoms with Gasteiger partial charge < -0.3 is 5.73 Å². The number of nitrogens with two attached hydrogens (primary N) is 1. The van der Waals surface area contributed by atoms with Gasteiger partial charge in [-0.05, 0) is 39.9 Å². The molecule has 2 rings (SSSR count). The molecule has 1 atom stereocenters. The maximum Gasteiger partial charge on any atom is 0.0559 e. The Morgan fingerprint density at radius 1 is 1.13 bits per heavy atom. The number of benzene rings is 1. The summed E-state index contributed by atoms with van der Waals surface area (Å²) in [6.45, 7) is 2.16. The van der Waals surface area contributed by atoms with Crippen molar-refractivity contribution in [1.29, 1.82) is 0 Å². The first-order valence-electron chi connectivity index (χ1n) is 5.17. The van der Waals surface area contributed by atoms with Crippen LogP contribution in [0, 0.1) is 0 Å². The van der Waals surface area contributed by atoms with Crippen LogP contribution in [0.4, 0.5) is 0 Å². The maximum absolute atomic E-state index is 6.16. The second kappa shape index (κ2) is 4.60. The van der Waals surface area contributed by atoms with Crippen molar-refractivity contribution in [2.75, 3.05) is 0 Å². The van der Waals surface area contributed by atoms with E-state index in [0.29, 0.717) is 0 Å². The lowest BCUT2D eigenvalue weighted by atomic mass is 10.0. The monoisotopic (exact) mass is 217 g/mol. The summed E-state index contributed by atoms with van der Waals surface area (Å²) in [7, 11) is 0. The highest BCUT2D eigenvalue weighted by molar-refractivity contribution is 7.08. The Morgan fingerprint density at radius 2 is 1.87 bits per heavy atom. The number of aryl methyl sites for hydroxylation is 1. The summed E-state index contributed by atoms with van der Waals surface area (Å²) < 4.78 is 0. The topological polar surface area (TPSA) is 26.0 Å². The summed E-state index contributed by atoms with van der Waals surface area (Å²) in [5.74, 6) is 0. The van der Waals surface area contributed by atoms with E-state index in [-0.39, 0.29) is 6.04 Å². The van der Waals surface area contributed by atoms with Crippen molar-refractivity contribution in [3.8, 4) is 0 Å². The highest BCUT2D eigenvalue weighted by Gasteiger charge is 2.08. The molecule has 0 saturated carbocycles. The number of rotatable bonds is 3. The Morgan fingerprint density at radius 3 is 2.40 bits per heavy atom. The van der Waals surface area contributed by atoms with Crippen LogP contribution in [0.1, 0.15) is 29.7 Å². The normalized spacial score (nSPS) is 12.7. The van der Waals surface area contributed by atoms with E-state index in [0.717, 1.165) is 6.42 Å². The van der Waals surface area contributed by atoms with Crippen molar-refractivity contribution in [2.24, 2.45) is 5.73 Å². The summed E-state index contributed by atoms with van der Waals surface area (Å²) in [6.07, 6.45) is 1.08. The Kier molecular flexibility index (Phi) is 3.19. The second-order valence-corrected chi connectivity index (χ2v) is 4.41. The van der Waals surface area contributed by atoms with Crippen LogP contribution in [0.5, 0.6) is 0 Å². The first-order valence-corrected chi connectivity index (χ1v) is 6.12. The molecule has 0 amide bonds. The lowest BCUT2D eigenvalue weighted by molar-refractivity contribution is 0.875. The molecule has 1 aromatic carbocycles. The summed E-state index contributed by atoms with van der Waals surface area (Å²) in [5.41, 5.74) is 9.90. The van der Waals surface area contributed by atoms with Crippen molar-refractivity contribution in [3.63, 3.8) is 0 Å². The van der Waals surface area contributed by atoms with Crippen molar-refractivity contribution < 1.29 is 0 Å². The molecule has 0 radical (unpaired) electrons. The molecule has 1 nitrogen and oxygen atoms in total. The molecule has 1 aromatic heterocycles. The average molecular weight is 217 g/mol. The van der Waals surface area contributed by atoms with Gasteiger partial charge in [-0.3, -0.25) is 0 Å². The van der Waals surface area contributed by atoms with E-state index in [4.69, 9.17) is 5.73 Å².